The van der Waals surface area contributed by atoms with E-state index in [1.54, 1.807) is 39.2 Å². The Balaban J connectivity index is 1.69. The molecular formula is C20H24N2O5S. The molecule has 8 heteroatoms. The van der Waals surface area contributed by atoms with E-state index in [-0.39, 0.29) is 11.3 Å². The maximum absolute atomic E-state index is 13.3. The van der Waals surface area contributed by atoms with Gasteiger partial charge < -0.3 is 23.6 Å². The molecule has 0 radical (unpaired) electrons. The molecule has 0 saturated carbocycles. The molecule has 28 heavy (non-hydrogen) atoms. The van der Waals surface area contributed by atoms with Crippen LogP contribution in [0.25, 0.3) is 0 Å². The van der Waals surface area contributed by atoms with Crippen molar-refractivity contribution < 1.29 is 23.5 Å². The Morgan fingerprint density at radius 1 is 1.11 bits per heavy atom. The van der Waals surface area contributed by atoms with Crippen molar-refractivity contribution in [2.75, 3.05) is 33.6 Å². The predicted molar refractivity (Wildman–Crippen MR) is 105 cm³/mol. The molecule has 1 aliphatic carbocycles. The van der Waals surface area contributed by atoms with Crippen molar-refractivity contribution in [1.29, 1.82) is 0 Å². The number of methoxy groups -OCH3 is 3. The van der Waals surface area contributed by atoms with Crippen LogP contribution in [-0.4, -0.2) is 49.6 Å². The highest BCUT2D eigenvalue weighted by molar-refractivity contribution is 7.99. The van der Waals surface area contributed by atoms with Crippen LogP contribution in [0.5, 0.6) is 17.2 Å². The van der Waals surface area contributed by atoms with Crippen LogP contribution in [0.15, 0.2) is 16.7 Å². The van der Waals surface area contributed by atoms with E-state index in [9.17, 15) is 4.79 Å². The van der Waals surface area contributed by atoms with Gasteiger partial charge in [0.25, 0.3) is 5.91 Å². The first-order chi connectivity index (χ1) is 13.7. The van der Waals surface area contributed by atoms with Gasteiger partial charge in [0.05, 0.1) is 21.3 Å². The van der Waals surface area contributed by atoms with Gasteiger partial charge in [-0.3, -0.25) is 4.79 Å². The normalized spacial score (nSPS) is 18.7. The molecule has 1 atom stereocenters. The summed E-state index contributed by atoms with van der Waals surface area (Å²) in [6.45, 7) is 0.646. The number of nitrogens with zero attached hydrogens (tertiary/aromatic N) is 2. The summed E-state index contributed by atoms with van der Waals surface area (Å²) in [5.74, 6) is 3.48. The van der Waals surface area contributed by atoms with Crippen molar-refractivity contribution in [1.82, 2.24) is 10.1 Å². The second-order valence-corrected chi connectivity index (χ2v) is 8.00. The summed E-state index contributed by atoms with van der Waals surface area (Å²) in [6.07, 6.45) is 3.86. The average molecular weight is 404 g/mol. The number of carbonyl (C=O) groups excluding carboxylic acids is 1. The largest absolute Gasteiger partial charge is 0.496 e. The fraction of sp³-hybridized carbons (Fsp3) is 0.500. The van der Waals surface area contributed by atoms with Crippen LogP contribution in [0.2, 0.25) is 0 Å². The molecular weight excluding hydrogens is 380 g/mol. The lowest BCUT2D eigenvalue weighted by Crippen LogP contribution is -2.31. The number of benzene rings is 1. The zero-order valence-corrected chi connectivity index (χ0v) is 17.1. The molecule has 1 unspecified atom stereocenters. The van der Waals surface area contributed by atoms with Gasteiger partial charge >= 0.3 is 0 Å². The van der Waals surface area contributed by atoms with Gasteiger partial charge in [0.15, 0.2) is 17.2 Å². The van der Waals surface area contributed by atoms with Crippen LogP contribution in [0.3, 0.4) is 0 Å². The highest BCUT2D eigenvalue weighted by atomic mass is 32.2. The van der Waals surface area contributed by atoms with Crippen molar-refractivity contribution >= 4 is 17.7 Å². The molecule has 0 N–H and O–H groups in total. The van der Waals surface area contributed by atoms with E-state index in [4.69, 9.17) is 18.7 Å². The second-order valence-electron chi connectivity index (χ2n) is 6.81. The lowest BCUT2D eigenvalue weighted by atomic mass is 9.96. The number of aryl methyl sites for hydroxylation is 1. The minimum atomic E-state index is -0.182. The molecule has 2 aliphatic rings. The minimum Gasteiger partial charge on any atom is -0.496 e. The molecule has 1 amide bonds. The molecule has 0 spiro atoms. The Morgan fingerprint density at radius 2 is 1.82 bits per heavy atom. The third kappa shape index (κ3) is 3.19. The summed E-state index contributed by atoms with van der Waals surface area (Å²) in [5, 5.41) is 3.94. The maximum Gasteiger partial charge on any atom is 0.277 e. The molecule has 4 rings (SSSR count). The standard InChI is InChI=1S/C20H24N2O5S/c1-24-15-11-17(26-3)16(25-2)10-13(15)20-22(8-9-28-20)19(23)18-12-6-4-5-7-14(12)27-21-18/h10-11,20H,4-9H2,1-3H3. The van der Waals surface area contributed by atoms with E-state index in [2.05, 4.69) is 5.16 Å². The van der Waals surface area contributed by atoms with Crippen molar-refractivity contribution in [3.05, 3.63) is 34.7 Å². The summed E-state index contributed by atoms with van der Waals surface area (Å²) in [5.41, 5.74) is 2.32. The van der Waals surface area contributed by atoms with Crippen LogP contribution >= 0.6 is 11.8 Å². The highest BCUT2D eigenvalue weighted by Gasteiger charge is 2.37. The van der Waals surface area contributed by atoms with Gasteiger partial charge in [0.2, 0.25) is 0 Å². The first-order valence-electron chi connectivity index (χ1n) is 9.37. The summed E-state index contributed by atoms with van der Waals surface area (Å²) < 4.78 is 21.9. The Morgan fingerprint density at radius 3 is 2.57 bits per heavy atom. The van der Waals surface area contributed by atoms with Gasteiger partial charge in [-0.15, -0.1) is 11.8 Å². The van der Waals surface area contributed by atoms with Crippen LogP contribution < -0.4 is 14.2 Å². The molecule has 150 valence electrons. The van der Waals surface area contributed by atoms with Gasteiger partial charge in [-0.1, -0.05) is 5.16 Å². The molecule has 1 aromatic carbocycles. The topological polar surface area (TPSA) is 74.0 Å². The molecule has 1 saturated heterocycles. The molecule has 0 bridgehead atoms. The number of fused-ring (bicyclic) bond motifs is 1. The second kappa shape index (κ2) is 7.95. The van der Waals surface area contributed by atoms with Crippen LogP contribution in [0, 0.1) is 0 Å². The Bertz CT molecular complexity index is 882. The fourth-order valence-corrected chi connectivity index (χ4v) is 5.14. The molecule has 2 heterocycles. The van der Waals surface area contributed by atoms with E-state index in [0.717, 1.165) is 48.3 Å². The van der Waals surface area contributed by atoms with E-state index >= 15 is 0 Å². The van der Waals surface area contributed by atoms with E-state index in [1.165, 1.54) is 0 Å². The van der Waals surface area contributed by atoms with Gasteiger partial charge in [-0.25, -0.2) is 0 Å². The quantitative estimate of drug-likeness (QED) is 0.755. The summed E-state index contributed by atoms with van der Waals surface area (Å²) in [7, 11) is 4.80. The minimum absolute atomic E-state index is 0.0845. The van der Waals surface area contributed by atoms with Gasteiger partial charge in [-0.2, -0.15) is 0 Å². The van der Waals surface area contributed by atoms with E-state index < -0.39 is 0 Å². The highest BCUT2D eigenvalue weighted by Crippen LogP contribution is 2.46. The maximum atomic E-state index is 13.3. The van der Waals surface area contributed by atoms with Crippen molar-refractivity contribution in [3.63, 3.8) is 0 Å². The Kier molecular flexibility index (Phi) is 5.39. The molecule has 1 aromatic heterocycles. The first-order valence-corrected chi connectivity index (χ1v) is 10.4. The van der Waals surface area contributed by atoms with Gasteiger partial charge in [0.1, 0.15) is 16.9 Å². The predicted octanol–water partition coefficient (Wildman–Crippen LogP) is 3.47. The number of ether oxygens (including phenoxy) is 3. The van der Waals surface area contributed by atoms with Crippen LogP contribution in [0.4, 0.5) is 0 Å². The summed E-state index contributed by atoms with van der Waals surface area (Å²) in [4.78, 5) is 15.2. The lowest BCUT2D eigenvalue weighted by Gasteiger charge is -2.26. The third-order valence-corrected chi connectivity index (χ3v) is 6.55. The lowest BCUT2D eigenvalue weighted by molar-refractivity contribution is 0.0747. The van der Waals surface area contributed by atoms with Crippen molar-refractivity contribution in [3.8, 4) is 17.2 Å². The third-order valence-electron chi connectivity index (χ3n) is 5.31. The van der Waals surface area contributed by atoms with Gasteiger partial charge in [0, 0.05) is 35.9 Å². The number of amides is 1. The molecule has 1 fully saturated rings. The van der Waals surface area contributed by atoms with E-state index in [1.807, 2.05) is 11.0 Å². The average Bonchev–Trinajstić information content (AvgIpc) is 3.39. The Hall–Kier alpha value is -2.35. The first kappa shape index (κ1) is 19.0. The number of rotatable bonds is 5. The molecule has 1 aliphatic heterocycles. The summed E-state index contributed by atoms with van der Waals surface area (Å²) >= 11 is 1.70. The molecule has 2 aromatic rings. The number of carbonyl (C=O) groups is 1. The number of aromatic nitrogens is 1. The van der Waals surface area contributed by atoms with Gasteiger partial charge in [-0.05, 0) is 25.3 Å². The summed E-state index contributed by atoms with van der Waals surface area (Å²) in [6, 6.07) is 3.69. The Labute approximate surface area is 168 Å². The smallest absolute Gasteiger partial charge is 0.277 e. The van der Waals surface area contributed by atoms with E-state index in [0.29, 0.717) is 29.5 Å². The monoisotopic (exact) mass is 404 g/mol. The number of hydrogen-bond acceptors (Lipinski definition) is 7. The fourth-order valence-electron chi connectivity index (χ4n) is 3.87. The van der Waals surface area contributed by atoms with Crippen LogP contribution in [0.1, 0.15) is 45.6 Å². The molecule has 7 nitrogen and oxygen atoms in total. The zero-order chi connectivity index (χ0) is 19.7. The van der Waals surface area contributed by atoms with Crippen LogP contribution in [-0.2, 0) is 12.8 Å². The number of hydrogen-bond donors (Lipinski definition) is 0. The van der Waals surface area contributed by atoms with Crippen molar-refractivity contribution in [2.24, 2.45) is 0 Å². The zero-order valence-electron chi connectivity index (χ0n) is 16.3. The number of thioether (sulfide) groups is 1. The van der Waals surface area contributed by atoms with Crippen molar-refractivity contribution in [2.45, 2.75) is 31.1 Å². The SMILES string of the molecule is COc1cc(OC)c(C2SCCN2C(=O)c2noc3c2CCCC3)cc1OC.